The van der Waals surface area contributed by atoms with E-state index in [4.69, 9.17) is 4.74 Å². The van der Waals surface area contributed by atoms with E-state index in [0.29, 0.717) is 36.2 Å². The van der Waals surface area contributed by atoms with Crippen molar-refractivity contribution in [1.29, 1.82) is 0 Å². The van der Waals surface area contributed by atoms with Gasteiger partial charge in [-0.05, 0) is 37.0 Å². The van der Waals surface area contributed by atoms with Gasteiger partial charge in [0, 0.05) is 24.4 Å². The second-order valence-electron chi connectivity index (χ2n) is 9.73. The fraction of sp³-hybridized carbons (Fsp3) is 0.321. The molecule has 0 saturated heterocycles. The van der Waals surface area contributed by atoms with Gasteiger partial charge in [0.25, 0.3) is 5.56 Å². The Balaban J connectivity index is 1.54. The van der Waals surface area contributed by atoms with E-state index in [1.54, 1.807) is 0 Å². The first kappa shape index (κ1) is 24.2. The van der Waals surface area contributed by atoms with Gasteiger partial charge in [-0.15, -0.1) is 11.3 Å². The second kappa shape index (κ2) is 9.87. The largest absolute Gasteiger partial charge is 0.370 e. The summed E-state index contributed by atoms with van der Waals surface area (Å²) in [5.74, 6) is -0.279. The number of aromatic nitrogens is 2. The Labute approximate surface area is 213 Å². The maximum Gasteiger partial charge on any atom is 0.332 e. The van der Waals surface area contributed by atoms with Crippen molar-refractivity contribution in [1.82, 2.24) is 14.5 Å². The fourth-order valence-electron chi connectivity index (χ4n) is 4.62. The molecule has 1 N–H and O–H groups in total. The highest BCUT2D eigenvalue weighted by molar-refractivity contribution is 7.18. The van der Waals surface area contributed by atoms with Crippen LogP contribution in [0.25, 0.3) is 10.2 Å². The van der Waals surface area contributed by atoms with Crippen LogP contribution in [0.1, 0.15) is 35.4 Å². The van der Waals surface area contributed by atoms with Gasteiger partial charge in [0.05, 0.1) is 17.6 Å². The Morgan fingerprint density at radius 1 is 1.00 bits per heavy atom. The molecule has 2 aromatic carbocycles. The van der Waals surface area contributed by atoms with Crippen molar-refractivity contribution in [3.8, 4) is 0 Å². The number of nitrogens with one attached hydrogen (secondary N) is 1. The molecule has 3 heterocycles. The molecule has 0 fully saturated rings. The van der Waals surface area contributed by atoms with Crippen molar-refractivity contribution in [3.63, 3.8) is 0 Å². The number of rotatable bonds is 7. The minimum absolute atomic E-state index is 0.155. The van der Waals surface area contributed by atoms with Crippen LogP contribution in [0.4, 0.5) is 0 Å². The molecule has 1 amide bonds. The number of hydrogen-bond acceptors (Lipinski definition) is 5. The molecule has 0 bridgehead atoms. The van der Waals surface area contributed by atoms with Crippen LogP contribution >= 0.6 is 11.3 Å². The van der Waals surface area contributed by atoms with Crippen molar-refractivity contribution < 1.29 is 9.53 Å². The van der Waals surface area contributed by atoms with Crippen molar-refractivity contribution in [2.24, 2.45) is 0 Å². The summed E-state index contributed by atoms with van der Waals surface area (Å²) in [5, 5.41) is 3.44. The fourth-order valence-corrected chi connectivity index (χ4v) is 5.84. The number of thiophene rings is 1. The minimum Gasteiger partial charge on any atom is -0.370 e. The summed E-state index contributed by atoms with van der Waals surface area (Å²) in [4.78, 5) is 41.7. The number of benzene rings is 2. The predicted octanol–water partition coefficient (Wildman–Crippen LogP) is 3.64. The summed E-state index contributed by atoms with van der Waals surface area (Å²) in [6.07, 6.45) is 1.12. The van der Waals surface area contributed by atoms with Gasteiger partial charge >= 0.3 is 5.69 Å². The standard InChI is InChI=1S/C28H29N3O4S/c1-28(2)15-21-22(18-35-28)36-26-24(21)25(33)30(14-13-19-9-5-3-6-10-19)27(34)31(26)17-23(32)29-16-20-11-7-4-8-12-20/h3-12H,13-18H2,1-2H3,(H,29,32). The normalized spacial score (nSPS) is 14.5. The topological polar surface area (TPSA) is 82.3 Å². The highest BCUT2D eigenvalue weighted by Gasteiger charge is 2.32. The maximum atomic E-state index is 13.7. The van der Waals surface area contributed by atoms with E-state index in [0.717, 1.165) is 21.6 Å². The van der Waals surface area contributed by atoms with Crippen LogP contribution in [-0.4, -0.2) is 20.6 Å². The van der Waals surface area contributed by atoms with Crippen LogP contribution in [-0.2, 0) is 48.6 Å². The molecule has 5 rings (SSSR count). The van der Waals surface area contributed by atoms with Crippen LogP contribution in [0.3, 0.4) is 0 Å². The summed E-state index contributed by atoms with van der Waals surface area (Å²) in [5.41, 5.74) is 1.79. The second-order valence-corrected chi connectivity index (χ2v) is 10.8. The van der Waals surface area contributed by atoms with Gasteiger partial charge in [0.2, 0.25) is 5.91 Å². The van der Waals surface area contributed by atoms with Crippen LogP contribution in [0.15, 0.2) is 70.3 Å². The smallest absolute Gasteiger partial charge is 0.332 e. The predicted molar refractivity (Wildman–Crippen MR) is 141 cm³/mol. The van der Waals surface area contributed by atoms with Crippen molar-refractivity contribution in [2.45, 2.75) is 58.5 Å². The number of carbonyl (C=O) groups is 1. The lowest BCUT2D eigenvalue weighted by molar-refractivity contribution is -0.121. The molecule has 7 nitrogen and oxygen atoms in total. The van der Waals surface area contributed by atoms with Crippen LogP contribution in [0.2, 0.25) is 0 Å². The molecule has 0 saturated carbocycles. The number of amides is 1. The molecule has 186 valence electrons. The molecule has 2 aromatic heterocycles. The summed E-state index contributed by atoms with van der Waals surface area (Å²) < 4.78 is 8.71. The quantitative estimate of drug-likeness (QED) is 0.418. The first-order chi connectivity index (χ1) is 17.3. The maximum absolute atomic E-state index is 13.7. The number of carbonyl (C=O) groups excluding carboxylic acids is 1. The first-order valence-corrected chi connectivity index (χ1v) is 12.9. The SMILES string of the molecule is CC1(C)Cc2c(sc3c2c(=O)n(CCc2ccccc2)c(=O)n3CC(=O)NCc2ccccc2)CO1. The van der Waals surface area contributed by atoms with Crippen molar-refractivity contribution in [2.75, 3.05) is 0 Å². The third-order valence-electron chi connectivity index (χ3n) is 6.54. The third-order valence-corrected chi connectivity index (χ3v) is 7.76. The van der Waals surface area contributed by atoms with Gasteiger partial charge in [-0.2, -0.15) is 0 Å². The summed E-state index contributed by atoms with van der Waals surface area (Å²) >= 11 is 1.38. The molecule has 4 aromatic rings. The summed E-state index contributed by atoms with van der Waals surface area (Å²) in [6.45, 7) is 4.85. The van der Waals surface area contributed by atoms with Crippen molar-refractivity contribution >= 4 is 27.5 Å². The lowest BCUT2D eigenvalue weighted by Crippen LogP contribution is -2.43. The number of nitrogens with zero attached hydrogens (tertiary/aromatic N) is 2. The van der Waals surface area contributed by atoms with Crippen molar-refractivity contribution in [3.05, 3.63) is 103 Å². The van der Waals surface area contributed by atoms with E-state index >= 15 is 0 Å². The zero-order chi connectivity index (χ0) is 25.3. The zero-order valence-corrected chi connectivity index (χ0v) is 21.3. The molecular weight excluding hydrogens is 474 g/mol. The van der Waals surface area contributed by atoms with E-state index < -0.39 is 11.3 Å². The Bertz CT molecular complexity index is 1520. The Morgan fingerprint density at radius 3 is 2.36 bits per heavy atom. The molecule has 1 aliphatic heterocycles. The van der Waals surface area contributed by atoms with E-state index in [1.165, 1.54) is 20.5 Å². The lowest BCUT2D eigenvalue weighted by Gasteiger charge is -2.29. The summed E-state index contributed by atoms with van der Waals surface area (Å²) in [7, 11) is 0. The zero-order valence-electron chi connectivity index (χ0n) is 20.5. The number of fused-ring (bicyclic) bond motifs is 3. The highest BCUT2D eigenvalue weighted by Crippen LogP contribution is 2.37. The monoisotopic (exact) mass is 503 g/mol. The van der Waals surface area contributed by atoms with Gasteiger partial charge in [-0.25, -0.2) is 4.79 Å². The third kappa shape index (κ3) is 4.92. The molecule has 0 unspecified atom stereocenters. The van der Waals surface area contributed by atoms with E-state index in [1.807, 2.05) is 74.5 Å². The molecule has 1 aliphatic rings. The van der Waals surface area contributed by atoms with Crippen LogP contribution in [0.5, 0.6) is 0 Å². The number of ether oxygens (including phenoxy) is 1. The number of aryl methyl sites for hydroxylation is 1. The van der Waals surface area contributed by atoms with Crippen LogP contribution in [0, 0.1) is 0 Å². The molecule has 36 heavy (non-hydrogen) atoms. The minimum atomic E-state index is -0.461. The molecule has 0 radical (unpaired) electrons. The average Bonchev–Trinajstić information content (AvgIpc) is 3.24. The Hall–Kier alpha value is -3.49. The summed E-state index contributed by atoms with van der Waals surface area (Å²) in [6, 6.07) is 19.4. The van der Waals surface area contributed by atoms with Gasteiger partial charge in [0.1, 0.15) is 11.4 Å². The highest BCUT2D eigenvalue weighted by atomic mass is 32.1. The molecule has 8 heteroatoms. The van der Waals surface area contributed by atoms with Gasteiger partial charge in [-0.1, -0.05) is 60.7 Å². The number of hydrogen-bond donors (Lipinski definition) is 1. The van der Waals surface area contributed by atoms with E-state index in [9.17, 15) is 14.4 Å². The molecule has 0 atom stereocenters. The average molecular weight is 504 g/mol. The van der Waals surface area contributed by atoms with Gasteiger partial charge in [0.15, 0.2) is 0 Å². The molecule has 0 spiro atoms. The first-order valence-electron chi connectivity index (χ1n) is 12.1. The van der Waals surface area contributed by atoms with Gasteiger partial charge in [-0.3, -0.25) is 18.7 Å². The van der Waals surface area contributed by atoms with E-state index in [2.05, 4.69) is 5.32 Å². The molecule has 0 aliphatic carbocycles. The Morgan fingerprint density at radius 2 is 1.67 bits per heavy atom. The Kier molecular flexibility index (Phi) is 6.64. The lowest BCUT2D eigenvalue weighted by atomic mass is 9.94. The van der Waals surface area contributed by atoms with Gasteiger partial charge < -0.3 is 10.1 Å². The van der Waals surface area contributed by atoms with E-state index in [-0.39, 0.29) is 24.6 Å². The van der Waals surface area contributed by atoms with Crippen LogP contribution < -0.4 is 16.6 Å². The molecular formula is C28H29N3O4S.